The van der Waals surface area contributed by atoms with Gasteiger partial charge in [0.2, 0.25) is 5.91 Å². The molecule has 0 radical (unpaired) electrons. The summed E-state index contributed by atoms with van der Waals surface area (Å²) in [6, 6.07) is 13.3. The Kier molecular flexibility index (Phi) is 5.35. The predicted octanol–water partition coefficient (Wildman–Crippen LogP) is 2.23. The van der Waals surface area contributed by atoms with Gasteiger partial charge in [-0.3, -0.25) is 19.9 Å². The number of rotatable bonds is 6. The largest absolute Gasteiger partial charge is 0.399 e. The van der Waals surface area contributed by atoms with E-state index < -0.39 is 4.92 Å². The van der Waals surface area contributed by atoms with E-state index in [1.54, 1.807) is 29.2 Å². The molecule has 0 spiro atoms. The van der Waals surface area contributed by atoms with Crippen LogP contribution in [0.1, 0.15) is 24.0 Å². The van der Waals surface area contributed by atoms with Crippen LogP contribution in [0, 0.1) is 10.1 Å². The minimum absolute atomic E-state index is 0.00369. The fourth-order valence-corrected chi connectivity index (χ4v) is 3.07. The van der Waals surface area contributed by atoms with E-state index in [1.165, 1.54) is 12.1 Å². The molecule has 2 aromatic carbocycles. The lowest BCUT2D eigenvalue weighted by molar-refractivity contribution is -0.384. The Balaban J connectivity index is 1.70. The highest BCUT2D eigenvalue weighted by Crippen LogP contribution is 2.23. The molecule has 0 saturated carbocycles. The van der Waals surface area contributed by atoms with Gasteiger partial charge in [0.05, 0.1) is 17.5 Å². The summed E-state index contributed by atoms with van der Waals surface area (Å²) in [6.45, 7) is 0.766. The number of hydrogen-bond donors (Lipinski definition) is 2. The first kappa shape index (κ1) is 18.4. The maximum Gasteiger partial charge on any atom is 0.269 e. The van der Waals surface area contributed by atoms with Gasteiger partial charge >= 0.3 is 0 Å². The minimum Gasteiger partial charge on any atom is -0.399 e. The van der Waals surface area contributed by atoms with E-state index in [0.717, 1.165) is 11.1 Å². The van der Waals surface area contributed by atoms with Crippen LogP contribution < -0.4 is 11.5 Å². The molecule has 0 unspecified atom stereocenters. The molecule has 8 nitrogen and oxygen atoms in total. The van der Waals surface area contributed by atoms with Gasteiger partial charge in [0.1, 0.15) is 5.84 Å². The van der Waals surface area contributed by atoms with E-state index in [4.69, 9.17) is 11.5 Å². The number of benzene rings is 2. The second-order valence-electron chi connectivity index (χ2n) is 6.48. The van der Waals surface area contributed by atoms with Gasteiger partial charge in [0.25, 0.3) is 5.69 Å². The lowest BCUT2D eigenvalue weighted by atomic mass is 10.1. The predicted molar refractivity (Wildman–Crippen MR) is 103 cm³/mol. The molecule has 2 aromatic rings. The lowest BCUT2D eigenvalue weighted by Crippen LogP contribution is -2.42. The van der Waals surface area contributed by atoms with Crippen molar-refractivity contribution in [1.29, 1.82) is 0 Å². The summed E-state index contributed by atoms with van der Waals surface area (Å²) in [7, 11) is 0. The number of amides is 1. The normalized spacial score (nSPS) is 17.3. The molecule has 1 heterocycles. The first-order chi connectivity index (χ1) is 12.9. The summed E-state index contributed by atoms with van der Waals surface area (Å²) < 4.78 is 0. The van der Waals surface area contributed by atoms with Crippen LogP contribution in [0.5, 0.6) is 0 Å². The van der Waals surface area contributed by atoms with Gasteiger partial charge in [-0.1, -0.05) is 24.3 Å². The number of nitrogens with zero attached hydrogens (tertiary/aromatic N) is 3. The van der Waals surface area contributed by atoms with Crippen molar-refractivity contribution in [1.82, 2.24) is 4.90 Å². The first-order valence-corrected chi connectivity index (χ1v) is 8.61. The number of non-ortho nitro benzene ring substituents is 1. The number of carbonyl (C=O) groups is 1. The second kappa shape index (κ2) is 7.86. The number of aliphatic imine (C=N–C) groups is 1. The summed E-state index contributed by atoms with van der Waals surface area (Å²) >= 11 is 0. The summed E-state index contributed by atoms with van der Waals surface area (Å²) in [6.07, 6.45) is 1.03. The summed E-state index contributed by atoms with van der Waals surface area (Å²) in [5, 5.41) is 10.8. The van der Waals surface area contributed by atoms with Crippen molar-refractivity contribution in [3.63, 3.8) is 0 Å². The molecule has 140 valence electrons. The highest BCUT2D eigenvalue weighted by atomic mass is 16.6. The summed E-state index contributed by atoms with van der Waals surface area (Å²) in [5.41, 5.74) is 14.3. The van der Waals surface area contributed by atoms with Crippen molar-refractivity contribution in [2.24, 2.45) is 10.7 Å². The molecule has 1 atom stereocenters. The van der Waals surface area contributed by atoms with Crippen LogP contribution in [0.25, 0.3) is 0 Å². The zero-order chi connectivity index (χ0) is 19.4. The van der Waals surface area contributed by atoms with E-state index in [0.29, 0.717) is 37.5 Å². The van der Waals surface area contributed by atoms with Gasteiger partial charge < -0.3 is 16.4 Å². The van der Waals surface area contributed by atoms with Gasteiger partial charge in [0, 0.05) is 30.8 Å². The Morgan fingerprint density at radius 1 is 1.15 bits per heavy atom. The summed E-state index contributed by atoms with van der Waals surface area (Å²) in [4.78, 5) is 28.7. The number of hydrogen-bond acceptors (Lipinski definition) is 5. The third kappa shape index (κ3) is 4.41. The minimum atomic E-state index is -0.449. The van der Waals surface area contributed by atoms with Crippen molar-refractivity contribution in [3.8, 4) is 0 Å². The number of nitro groups is 1. The van der Waals surface area contributed by atoms with Crippen molar-refractivity contribution in [2.75, 3.05) is 5.73 Å². The molecule has 0 aromatic heterocycles. The van der Waals surface area contributed by atoms with Crippen LogP contribution in [0.2, 0.25) is 0 Å². The van der Waals surface area contributed by atoms with Gasteiger partial charge in [-0.25, -0.2) is 0 Å². The van der Waals surface area contributed by atoms with E-state index in [9.17, 15) is 14.9 Å². The van der Waals surface area contributed by atoms with E-state index in [-0.39, 0.29) is 17.6 Å². The summed E-state index contributed by atoms with van der Waals surface area (Å²) in [5.74, 6) is 0.420. The van der Waals surface area contributed by atoms with Crippen LogP contribution in [-0.4, -0.2) is 27.6 Å². The van der Waals surface area contributed by atoms with Crippen LogP contribution in [0.15, 0.2) is 53.5 Å². The molecule has 1 fully saturated rings. The fourth-order valence-electron chi connectivity index (χ4n) is 3.07. The van der Waals surface area contributed by atoms with Crippen LogP contribution in [0.4, 0.5) is 11.4 Å². The molecule has 1 aliphatic heterocycles. The van der Waals surface area contributed by atoms with Crippen molar-refractivity contribution >= 4 is 23.1 Å². The van der Waals surface area contributed by atoms with E-state index in [1.807, 2.05) is 12.1 Å². The highest BCUT2D eigenvalue weighted by molar-refractivity contribution is 5.93. The Hall–Kier alpha value is -3.42. The quantitative estimate of drug-likeness (QED) is 0.266. The number of nitro benzene ring substituents is 1. The van der Waals surface area contributed by atoms with Gasteiger partial charge in [-0.2, -0.15) is 0 Å². The molecule has 1 saturated heterocycles. The van der Waals surface area contributed by atoms with Gasteiger partial charge in [0.15, 0.2) is 0 Å². The van der Waals surface area contributed by atoms with Crippen LogP contribution in [0.3, 0.4) is 0 Å². The molecule has 0 bridgehead atoms. The average Bonchev–Trinajstić information content (AvgIpc) is 3.02. The fraction of sp³-hybridized carbons (Fsp3) is 0.263. The molecule has 1 amide bonds. The number of carbonyl (C=O) groups excluding carboxylic acids is 1. The van der Waals surface area contributed by atoms with Crippen molar-refractivity contribution in [2.45, 2.75) is 32.0 Å². The zero-order valence-electron chi connectivity index (χ0n) is 14.7. The first-order valence-electron chi connectivity index (χ1n) is 8.61. The second-order valence-corrected chi connectivity index (χ2v) is 6.48. The Labute approximate surface area is 156 Å². The van der Waals surface area contributed by atoms with Crippen LogP contribution >= 0.6 is 0 Å². The molecular weight excluding hydrogens is 346 g/mol. The third-order valence-corrected chi connectivity index (χ3v) is 4.59. The standard InChI is InChI=1S/C19H21N5O3/c20-15-5-1-13(2-6-15)11-22-19(21)17-9-10-18(25)23(17)12-14-3-7-16(8-4-14)24(26)27/h1-8,17H,9-12,20H2,(H2,21,22)/t17-/m0/s1. The molecular formula is C19H21N5O3. The smallest absolute Gasteiger partial charge is 0.269 e. The molecule has 1 aliphatic rings. The number of likely N-dealkylation sites (tertiary alicyclic amines) is 1. The zero-order valence-corrected chi connectivity index (χ0v) is 14.7. The number of nitrogens with two attached hydrogens (primary N) is 2. The van der Waals surface area contributed by atoms with Gasteiger partial charge in [-0.15, -0.1) is 0 Å². The Morgan fingerprint density at radius 2 is 1.78 bits per heavy atom. The number of nitrogen functional groups attached to an aromatic ring is 1. The Bertz CT molecular complexity index is 862. The van der Waals surface area contributed by atoms with E-state index in [2.05, 4.69) is 4.99 Å². The molecule has 27 heavy (non-hydrogen) atoms. The molecule has 4 N–H and O–H groups in total. The van der Waals surface area contributed by atoms with Crippen LogP contribution in [-0.2, 0) is 17.9 Å². The SMILES string of the molecule is NC(=NCc1ccc(N)cc1)[C@@H]1CCC(=O)N1Cc1ccc([N+](=O)[O-])cc1. The highest BCUT2D eigenvalue weighted by Gasteiger charge is 2.33. The van der Waals surface area contributed by atoms with Crippen molar-refractivity contribution in [3.05, 3.63) is 69.8 Å². The third-order valence-electron chi connectivity index (χ3n) is 4.59. The van der Waals surface area contributed by atoms with Gasteiger partial charge in [-0.05, 0) is 29.7 Å². The Morgan fingerprint density at radius 3 is 2.41 bits per heavy atom. The molecule has 0 aliphatic carbocycles. The number of anilines is 1. The topological polar surface area (TPSA) is 128 Å². The number of amidine groups is 1. The van der Waals surface area contributed by atoms with E-state index >= 15 is 0 Å². The maximum absolute atomic E-state index is 12.3. The molecule has 8 heteroatoms. The van der Waals surface area contributed by atoms with Crippen molar-refractivity contribution < 1.29 is 9.72 Å². The molecule has 3 rings (SSSR count). The maximum atomic E-state index is 12.3. The monoisotopic (exact) mass is 367 g/mol. The average molecular weight is 367 g/mol. The lowest BCUT2D eigenvalue weighted by Gasteiger charge is -2.24.